The highest BCUT2D eigenvalue weighted by atomic mass is 31.2. The van der Waals surface area contributed by atoms with Crippen LogP contribution in [0.1, 0.15) is 344 Å². The smallest absolute Gasteiger partial charge is 0.462 e. The van der Waals surface area contributed by atoms with Crippen LogP contribution in [0.2, 0.25) is 0 Å². The third-order valence-electron chi connectivity index (χ3n) is 16.1. The van der Waals surface area contributed by atoms with Gasteiger partial charge in [-0.05, 0) is 49.4 Å². The zero-order valence-electron chi connectivity index (χ0n) is 58.1. The lowest BCUT2D eigenvalue weighted by Crippen LogP contribution is -2.30. The average molecular weight is 1310 g/mol. The van der Waals surface area contributed by atoms with Crippen molar-refractivity contribution in [3.05, 3.63) is 0 Å². The Labute approximate surface area is 543 Å². The number of ether oxygens (including phenoxy) is 4. The van der Waals surface area contributed by atoms with E-state index in [1.807, 2.05) is 0 Å². The fraction of sp³-hybridized carbons (Fsp3) is 0.943. The van der Waals surface area contributed by atoms with E-state index in [1.165, 1.54) is 135 Å². The van der Waals surface area contributed by atoms with Crippen LogP contribution in [0.3, 0.4) is 0 Å². The summed E-state index contributed by atoms with van der Waals surface area (Å²) < 4.78 is 68.2. The van der Waals surface area contributed by atoms with E-state index in [0.29, 0.717) is 37.5 Å². The van der Waals surface area contributed by atoms with Gasteiger partial charge in [0.05, 0.1) is 26.4 Å². The van der Waals surface area contributed by atoms with Crippen molar-refractivity contribution in [3.63, 3.8) is 0 Å². The minimum atomic E-state index is -4.95. The predicted octanol–water partition coefficient (Wildman–Crippen LogP) is 19.7. The Hall–Kier alpha value is -1.94. The molecule has 0 amide bonds. The molecule has 0 rings (SSSR count). The molecule has 0 aliphatic rings. The first-order valence-electron chi connectivity index (χ1n) is 36.2. The summed E-state index contributed by atoms with van der Waals surface area (Å²) in [6.07, 6.45) is 41.9. The first-order valence-corrected chi connectivity index (χ1v) is 39.2. The molecule has 0 aliphatic carbocycles. The molecule has 528 valence electrons. The van der Waals surface area contributed by atoms with Crippen LogP contribution in [-0.2, 0) is 65.4 Å². The Kier molecular flexibility index (Phi) is 58.5. The fourth-order valence-electron chi connectivity index (χ4n) is 10.5. The van der Waals surface area contributed by atoms with Gasteiger partial charge in [-0.25, -0.2) is 9.13 Å². The van der Waals surface area contributed by atoms with Crippen LogP contribution in [0.4, 0.5) is 0 Å². The highest BCUT2D eigenvalue weighted by Gasteiger charge is 2.30. The maximum atomic E-state index is 13.0. The molecule has 89 heavy (non-hydrogen) atoms. The molecule has 0 aromatic rings. The number of esters is 4. The van der Waals surface area contributed by atoms with Gasteiger partial charge in [0, 0.05) is 25.7 Å². The predicted molar refractivity (Wildman–Crippen MR) is 358 cm³/mol. The molecule has 0 saturated carbocycles. The van der Waals surface area contributed by atoms with Crippen LogP contribution in [0.5, 0.6) is 0 Å². The Morgan fingerprint density at radius 1 is 0.281 bits per heavy atom. The first kappa shape index (κ1) is 87.1. The van der Waals surface area contributed by atoms with Crippen LogP contribution in [0.15, 0.2) is 0 Å². The molecular weight excluding hydrogens is 1170 g/mol. The summed E-state index contributed by atoms with van der Waals surface area (Å²) >= 11 is 0. The molecule has 0 heterocycles. The van der Waals surface area contributed by atoms with Gasteiger partial charge in [0.2, 0.25) is 0 Å². The van der Waals surface area contributed by atoms with Gasteiger partial charge in [0.1, 0.15) is 19.3 Å². The second-order valence-electron chi connectivity index (χ2n) is 27.2. The van der Waals surface area contributed by atoms with E-state index < -0.39 is 97.5 Å². The number of rotatable bonds is 67. The van der Waals surface area contributed by atoms with Crippen molar-refractivity contribution in [2.45, 2.75) is 363 Å². The Morgan fingerprint density at radius 3 is 0.697 bits per heavy atom. The van der Waals surface area contributed by atoms with E-state index in [2.05, 4.69) is 55.4 Å². The average Bonchev–Trinajstić information content (AvgIpc) is 3.66. The summed E-state index contributed by atoms with van der Waals surface area (Å²) in [5.41, 5.74) is 0. The molecule has 17 nitrogen and oxygen atoms in total. The van der Waals surface area contributed by atoms with E-state index in [4.69, 9.17) is 37.0 Å². The van der Waals surface area contributed by atoms with Gasteiger partial charge in [-0.1, -0.05) is 293 Å². The third-order valence-corrected chi connectivity index (χ3v) is 18.0. The number of phosphoric acid groups is 2. The molecule has 0 aromatic carbocycles. The molecule has 0 fully saturated rings. The normalized spacial score (nSPS) is 14.3. The van der Waals surface area contributed by atoms with E-state index in [0.717, 1.165) is 115 Å². The van der Waals surface area contributed by atoms with Gasteiger partial charge in [0.25, 0.3) is 0 Å². The van der Waals surface area contributed by atoms with Crippen molar-refractivity contribution in [2.24, 2.45) is 23.7 Å². The fourth-order valence-corrected chi connectivity index (χ4v) is 12.1. The van der Waals surface area contributed by atoms with Crippen LogP contribution in [-0.4, -0.2) is 96.7 Å². The molecule has 0 radical (unpaired) electrons. The van der Waals surface area contributed by atoms with Crippen molar-refractivity contribution in [1.82, 2.24) is 0 Å². The van der Waals surface area contributed by atoms with Gasteiger partial charge < -0.3 is 33.8 Å². The minimum Gasteiger partial charge on any atom is -0.462 e. The lowest BCUT2D eigenvalue weighted by molar-refractivity contribution is -0.161. The number of phosphoric ester groups is 2. The van der Waals surface area contributed by atoms with Crippen molar-refractivity contribution in [1.29, 1.82) is 0 Å². The standard InChI is InChI=1S/C70H136O17P2/c1-60(2)46-38-30-22-17-13-11-9-10-12-14-19-25-36-44-52-69(74)86-65(56-80-67(72)50-42-34-27-21-24-32-40-48-62(5)6)58-84-88(76,77)82-54-64(71)55-83-89(78,79)85-59-66(57-81-68(73)51-43-35-29-28-33-41-49-63(7)8)87-70(75)53-45-37-26-20-16-15-18-23-31-39-47-61(3)4/h60-66,71H,9-59H2,1-8H3,(H,76,77)(H,78,79)/t64-,65-,66-/m1/s1. The second kappa shape index (κ2) is 59.8. The van der Waals surface area contributed by atoms with Crippen molar-refractivity contribution < 1.29 is 80.2 Å². The topological polar surface area (TPSA) is 237 Å². The van der Waals surface area contributed by atoms with Gasteiger partial charge in [-0.3, -0.25) is 37.3 Å². The number of aliphatic hydroxyl groups is 1. The SMILES string of the molecule is CC(C)CCCCCCCCCCCCCCCCC(=O)O[C@H](COC(=O)CCCCCCCCCC(C)C)COP(=O)(O)OC[C@@H](O)COP(=O)(O)OC[C@@H](COC(=O)CCCCCCCCC(C)C)OC(=O)CCCCCCCCCCCCC(C)C. The first-order chi connectivity index (χ1) is 42.6. The molecule has 19 heteroatoms. The molecule has 5 atom stereocenters. The monoisotopic (exact) mass is 1310 g/mol. The van der Waals surface area contributed by atoms with E-state index in [9.17, 15) is 43.2 Å². The summed E-state index contributed by atoms with van der Waals surface area (Å²) in [5, 5.41) is 10.6. The molecule has 0 spiro atoms. The maximum Gasteiger partial charge on any atom is 0.472 e. The largest absolute Gasteiger partial charge is 0.472 e. The van der Waals surface area contributed by atoms with E-state index in [-0.39, 0.29) is 25.7 Å². The molecule has 0 aliphatic heterocycles. The zero-order chi connectivity index (χ0) is 66.1. The van der Waals surface area contributed by atoms with Gasteiger partial charge in [-0.15, -0.1) is 0 Å². The molecule has 0 saturated heterocycles. The lowest BCUT2D eigenvalue weighted by atomic mass is 10.0. The maximum absolute atomic E-state index is 13.0. The van der Waals surface area contributed by atoms with E-state index in [1.54, 1.807) is 0 Å². The highest BCUT2D eigenvalue weighted by molar-refractivity contribution is 7.47. The van der Waals surface area contributed by atoms with Crippen molar-refractivity contribution in [2.75, 3.05) is 39.6 Å². The van der Waals surface area contributed by atoms with Crippen molar-refractivity contribution >= 4 is 39.5 Å². The van der Waals surface area contributed by atoms with E-state index >= 15 is 0 Å². The van der Waals surface area contributed by atoms with Crippen LogP contribution in [0, 0.1) is 23.7 Å². The second-order valence-corrected chi connectivity index (χ2v) is 30.1. The van der Waals surface area contributed by atoms with Gasteiger partial charge in [-0.2, -0.15) is 0 Å². The molecule has 2 unspecified atom stereocenters. The van der Waals surface area contributed by atoms with Crippen molar-refractivity contribution in [3.8, 4) is 0 Å². The number of unbranched alkanes of at least 4 members (excludes halogenated alkanes) is 33. The Morgan fingerprint density at radius 2 is 0.472 bits per heavy atom. The van der Waals surface area contributed by atoms with Gasteiger partial charge >= 0.3 is 39.5 Å². The van der Waals surface area contributed by atoms with Crippen LogP contribution in [0.25, 0.3) is 0 Å². The molecule has 3 N–H and O–H groups in total. The zero-order valence-corrected chi connectivity index (χ0v) is 59.8. The number of carbonyl (C=O) groups excluding carboxylic acids is 4. The Balaban J connectivity index is 5.22. The van der Waals surface area contributed by atoms with Crippen LogP contribution < -0.4 is 0 Å². The molecule has 0 aromatic heterocycles. The highest BCUT2D eigenvalue weighted by Crippen LogP contribution is 2.45. The molecular formula is C70H136O17P2. The summed E-state index contributed by atoms with van der Waals surface area (Å²) in [6.45, 7) is 14.0. The Bertz CT molecular complexity index is 1760. The third kappa shape index (κ3) is 64.6. The van der Waals surface area contributed by atoms with Crippen LogP contribution >= 0.6 is 15.6 Å². The summed E-state index contributed by atoms with van der Waals surface area (Å²) in [7, 11) is -9.90. The number of carbonyl (C=O) groups is 4. The summed E-state index contributed by atoms with van der Waals surface area (Å²) in [4.78, 5) is 72.5. The number of hydrogen-bond donors (Lipinski definition) is 3. The minimum absolute atomic E-state index is 0.104. The van der Waals surface area contributed by atoms with Gasteiger partial charge in [0.15, 0.2) is 12.2 Å². The number of hydrogen-bond acceptors (Lipinski definition) is 15. The number of aliphatic hydroxyl groups excluding tert-OH is 1. The summed E-state index contributed by atoms with van der Waals surface area (Å²) in [5.74, 6) is 0.800. The molecule has 0 bridgehead atoms. The summed E-state index contributed by atoms with van der Waals surface area (Å²) in [6, 6.07) is 0. The lowest BCUT2D eigenvalue weighted by Gasteiger charge is -2.21. The quantitative estimate of drug-likeness (QED) is 0.0222.